The summed E-state index contributed by atoms with van der Waals surface area (Å²) in [5.41, 5.74) is 2.24. The Bertz CT molecular complexity index is 682. The molecule has 0 radical (unpaired) electrons. The maximum Gasteiger partial charge on any atom is 0.140 e. The second kappa shape index (κ2) is 6.25. The summed E-state index contributed by atoms with van der Waals surface area (Å²) in [7, 11) is 0. The third kappa shape index (κ3) is 3.30. The van der Waals surface area contributed by atoms with Gasteiger partial charge < -0.3 is 5.32 Å². The van der Waals surface area contributed by atoms with Gasteiger partial charge in [-0.2, -0.15) is 5.26 Å². The van der Waals surface area contributed by atoms with Crippen molar-refractivity contribution in [2.75, 3.05) is 5.32 Å². The van der Waals surface area contributed by atoms with E-state index in [9.17, 15) is 9.65 Å². The van der Waals surface area contributed by atoms with Crippen molar-refractivity contribution in [1.82, 2.24) is 0 Å². The van der Waals surface area contributed by atoms with Gasteiger partial charge >= 0.3 is 0 Å². The van der Waals surface area contributed by atoms with Crippen LogP contribution in [0.1, 0.15) is 17.2 Å². The van der Waals surface area contributed by atoms with Gasteiger partial charge in [0.2, 0.25) is 0 Å². The van der Waals surface area contributed by atoms with Gasteiger partial charge in [-0.1, -0.05) is 17.7 Å². The van der Waals surface area contributed by atoms with Gasteiger partial charge in [0.25, 0.3) is 0 Å². The Balaban J connectivity index is 2.29. The van der Waals surface area contributed by atoms with Crippen molar-refractivity contribution in [2.24, 2.45) is 0 Å². The molecule has 0 bridgehead atoms. The molecule has 0 fully saturated rings. The van der Waals surface area contributed by atoms with Crippen LogP contribution >= 0.6 is 27.5 Å². The fraction of sp³-hybridized carbons (Fsp3) is 0.133. The van der Waals surface area contributed by atoms with Crippen molar-refractivity contribution < 1.29 is 4.39 Å². The van der Waals surface area contributed by atoms with Gasteiger partial charge in [-0.3, -0.25) is 0 Å². The van der Waals surface area contributed by atoms with Crippen LogP contribution in [0.25, 0.3) is 0 Å². The lowest BCUT2D eigenvalue weighted by atomic mass is 10.0. The standard InChI is InChI=1S/C15H11BrClFN2/c1-9-6-10(18)2-4-12(9)15(8-19)20-11-3-5-14(17)13(16)7-11/h2-7,15,20H,1H3. The minimum Gasteiger partial charge on any atom is -0.366 e. The topological polar surface area (TPSA) is 35.8 Å². The summed E-state index contributed by atoms with van der Waals surface area (Å²) in [5.74, 6) is -0.308. The van der Waals surface area contributed by atoms with Crippen molar-refractivity contribution in [3.05, 3.63) is 62.8 Å². The molecular weight excluding hydrogens is 343 g/mol. The van der Waals surface area contributed by atoms with Crippen LogP contribution in [0.2, 0.25) is 5.02 Å². The summed E-state index contributed by atoms with van der Waals surface area (Å²) in [6, 6.07) is 11.3. The van der Waals surface area contributed by atoms with E-state index >= 15 is 0 Å². The number of hydrogen-bond acceptors (Lipinski definition) is 2. The lowest BCUT2D eigenvalue weighted by Crippen LogP contribution is -2.10. The van der Waals surface area contributed by atoms with E-state index in [0.29, 0.717) is 5.02 Å². The zero-order valence-corrected chi connectivity index (χ0v) is 13.0. The molecule has 0 saturated heterocycles. The Kier molecular flexibility index (Phi) is 4.64. The van der Waals surface area contributed by atoms with Crippen molar-refractivity contribution in [3.63, 3.8) is 0 Å². The highest BCUT2D eigenvalue weighted by Crippen LogP contribution is 2.28. The summed E-state index contributed by atoms with van der Waals surface area (Å²) in [6.45, 7) is 1.78. The van der Waals surface area contributed by atoms with E-state index in [1.165, 1.54) is 12.1 Å². The number of rotatable bonds is 3. The second-order valence-corrected chi connectivity index (χ2v) is 5.60. The fourth-order valence-electron chi connectivity index (χ4n) is 1.90. The number of nitrogens with zero attached hydrogens (tertiary/aromatic N) is 1. The van der Waals surface area contributed by atoms with Crippen LogP contribution in [-0.2, 0) is 0 Å². The van der Waals surface area contributed by atoms with Gasteiger partial charge in [0.1, 0.15) is 11.9 Å². The molecule has 0 aliphatic carbocycles. The normalized spacial score (nSPS) is 11.8. The monoisotopic (exact) mass is 352 g/mol. The SMILES string of the molecule is Cc1cc(F)ccc1C(C#N)Nc1ccc(Cl)c(Br)c1. The Labute approximate surface area is 130 Å². The van der Waals surface area contributed by atoms with Gasteiger partial charge in [-0.05, 0) is 64.3 Å². The molecule has 5 heteroatoms. The van der Waals surface area contributed by atoms with E-state index in [-0.39, 0.29) is 5.82 Å². The summed E-state index contributed by atoms with van der Waals surface area (Å²) in [5, 5.41) is 13.0. The summed E-state index contributed by atoms with van der Waals surface area (Å²) in [4.78, 5) is 0. The molecule has 1 unspecified atom stereocenters. The zero-order valence-electron chi connectivity index (χ0n) is 10.6. The number of hydrogen-bond donors (Lipinski definition) is 1. The predicted molar refractivity (Wildman–Crippen MR) is 82.3 cm³/mol. The molecule has 0 aromatic heterocycles. The molecule has 20 heavy (non-hydrogen) atoms. The number of anilines is 1. The zero-order chi connectivity index (χ0) is 14.7. The lowest BCUT2D eigenvalue weighted by molar-refractivity contribution is 0.625. The van der Waals surface area contributed by atoms with Crippen LogP contribution in [0.5, 0.6) is 0 Å². The third-order valence-corrected chi connectivity index (χ3v) is 4.12. The van der Waals surface area contributed by atoms with Gasteiger partial charge in [0, 0.05) is 10.2 Å². The van der Waals surface area contributed by atoms with Gasteiger partial charge in [-0.15, -0.1) is 0 Å². The largest absolute Gasteiger partial charge is 0.366 e. The first-order valence-corrected chi connectivity index (χ1v) is 7.05. The van der Waals surface area contributed by atoms with Crippen LogP contribution < -0.4 is 5.32 Å². The van der Waals surface area contributed by atoms with Crippen LogP contribution in [0.15, 0.2) is 40.9 Å². The average Bonchev–Trinajstić information content (AvgIpc) is 2.41. The van der Waals surface area contributed by atoms with Gasteiger partial charge in [0.15, 0.2) is 0 Å². The van der Waals surface area contributed by atoms with Crippen LogP contribution in [0.4, 0.5) is 10.1 Å². The molecule has 0 aliphatic rings. The van der Waals surface area contributed by atoms with E-state index in [4.69, 9.17) is 11.6 Å². The number of aryl methyl sites for hydroxylation is 1. The Morgan fingerprint density at radius 2 is 2.05 bits per heavy atom. The van der Waals surface area contributed by atoms with Crippen LogP contribution in [-0.4, -0.2) is 0 Å². The van der Waals surface area contributed by atoms with Crippen molar-refractivity contribution in [1.29, 1.82) is 5.26 Å². The molecule has 2 aromatic rings. The molecule has 1 N–H and O–H groups in total. The average molecular weight is 354 g/mol. The number of halogens is 3. The minimum atomic E-state index is -0.552. The summed E-state index contributed by atoms with van der Waals surface area (Å²) in [6.07, 6.45) is 0. The summed E-state index contributed by atoms with van der Waals surface area (Å²) >= 11 is 9.26. The Morgan fingerprint density at radius 3 is 2.65 bits per heavy atom. The van der Waals surface area contributed by atoms with E-state index in [0.717, 1.165) is 21.3 Å². The Morgan fingerprint density at radius 1 is 1.30 bits per heavy atom. The number of benzene rings is 2. The van der Waals surface area contributed by atoms with Crippen LogP contribution in [0.3, 0.4) is 0 Å². The van der Waals surface area contributed by atoms with E-state index in [1.54, 1.807) is 31.2 Å². The molecule has 0 aliphatic heterocycles. The first-order valence-electron chi connectivity index (χ1n) is 5.88. The molecule has 0 amide bonds. The Hall–Kier alpha value is -1.57. The van der Waals surface area contributed by atoms with Crippen molar-refractivity contribution >= 4 is 33.2 Å². The van der Waals surface area contributed by atoms with Crippen molar-refractivity contribution in [2.45, 2.75) is 13.0 Å². The molecular formula is C15H11BrClFN2. The molecule has 0 heterocycles. The quantitative estimate of drug-likeness (QED) is 0.820. The maximum absolute atomic E-state index is 13.1. The highest BCUT2D eigenvalue weighted by atomic mass is 79.9. The second-order valence-electron chi connectivity index (χ2n) is 4.34. The molecule has 102 valence electrons. The summed E-state index contributed by atoms with van der Waals surface area (Å²) < 4.78 is 13.9. The lowest BCUT2D eigenvalue weighted by Gasteiger charge is -2.16. The first kappa shape index (κ1) is 14.8. The highest BCUT2D eigenvalue weighted by Gasteiger charge is 2.14. The minimum absolute atomic E-state index is 0.308. The van der Waals surface area contributed by atoms with E-state index < -0.39 is 6.04 Å². The molecule has 2 aromatic carbocycles. The predicted octanol–water partition coefficient (Wildman–Crippen LogP) is 5.23. The molecule has 2 nitrogen and oxygen atoms in total. The van der Waals surface area contributed by atoms with Gasteiger partial charge in [0.05, 0.1) is 11.1 Å². The van der Waals surface area contributed by atoms with Crippen molar-refractivity contribution in [3.8, 4) is 6.07 Å². The van der Waals surface area contributed by atoms with E-state index in [1.807, 2.05) is 0 Å². The molecule has 2 rings (SSSR count). The third-order valence-electron chi connectivity index (χ3n) is 2.90. The van der Waals surface area contributed by atoms with Gasteiger partial charge in [-0.25, -0.2) is 4.39 Å². The fourth-order valence-corrected chi connectivity index (χ4v) is 2.39. The molecule has 0 spiro atoms. The number of nitriles is 1. The van der Waals surface area contributed by atoms with Crippen LogP contribution in [0, 0.1) is 24.1 Å². The smallest absolute Gasteiger partial charge is 0.140 e. The first-order chi connectivity index (χ1) is 9.51. The van der Waals surface area contributed by atoms with E-state index in [2.05, 4.69) is 27.3 Å². The number of nitrogens with one attached hydrogen (secondary N) is 1. The molecule has 0 saturated carbocycles. The maximum atomic E-state index is 13.1. The highest BCUT2D eigenvalue weighted by molar-refractivity contribution is 9.10. The molecule has 1 atom stereocenters.